The number of ether oxygens (including phenoxy) is 1. The molecule has 3 rings (SSSR count). The molecule has 0 saturated carbocycles. The molecule has 1 aromatic rings. The van der Waals surface area contributed by atoms with Crippen molar-refractivity contribution in [3.63, 3.8) is 0 Å². The number of halogens is 3. The van der Waals surface area contributed by atoms with E-state index in [1.165, 1.54) is 0 Å². The quantitative estimate of drug-likeness (QED) is 0.778. The second kappa shape index (κ2) is 6.75. The van der Waals surface area contributed by atoms with E-state index in [1.54, 1.807) is 30.3 Å². The fourth-order valence-electron chi connectivity index (χ4n) is 3.96. The predicted molar refractivity (Wildman–Crippen MR) is 83.5 cm³/mol. The van der Waals surface area contributed by atoms with Crippen molar-refractivity contribution in [1.82, 2.24) is 4.90 Å². The zero-order valence-corrected chi connectivity index (χ0v) is 13.6. The summed E-state index contributed by atoms with van der Waals surface area (Å²) in [6.07, 6.45) is -2.30. The second-order valence-corrected chi connectivity index (χ2v) is 6.86. The van der Waals surface area contributed by atoms with Gasteiger partial charge in [-0.1, -0.05) is 30.3 Å². The van der Waals surface area contributed by atoms with Crippen LogP contribution in [0.2, 0.25) is 0 Å². The van der Waals surface area contributed by atoms with Crippen molar-refractivity contribution in [3.05, 3.63) is 35.9 Å². The lowest BCUT2D eigenvalue weighted by molar-refractivity contribution is -0.167. The van der Waals surface area contributed by atoms with Gasteiger partial charge in [-0.15, -0.1) is 0 Å². The number of carbonyl (C=O) groups is 1. The lowest BCUT2D eigenvalue weighted by atomic mass is 9.95. The maximum atomic E-state index is 12.9. The van der Waals surface area contributed by atoms with Gasteiger partial charge in [0.15, 0.2) is 0 Å². The average molecular weight is 341 g/mol. The van der Waals surface area contributed by atoms with E-state index in [1.807, 2.05) is 0 Å². The summed E-state index contributed by atoms with van der Waals surface area (Å²) in [7, 11) is 2.07. The van der Waals surface area contributed by atoms with E-state index < -0.39 is 24.5 Å². The van der Waals surface area contributed by atoms with Gasteiger partial charge in [-0.2, -0.15) is 13.2 Å². The van der Waals surface area contributed by atoms with Crippen molar-refractivity contribution < 1.29 is 22.7 Å². The summed E-state index contributed by atoms with van der Waals surface area (Å²) >= 11 is 0. The molecule has 2 bridgehead atoms. The molecule has 0 aromatic heterocycles. The van der Waals surface area contributed by atoms with Gasteiger partial charge >= 0.3 is 12.1 Å². The van der Waals surface area contributed by atoms with Gasteiger partial charge in [0.2, 0.25) is 0 Å². The van der Waals surface area contributed by atoms with Crippen LogP contribution in [-0.2, 0) is 9.53 Å². The van der Waals surface area contributed by atoms with Crippen molar-refractivity contribution in [2.75, 3.05) is 7.05 Å². The minimum Gasteiger partial charge on any atom is -0.462 e. The third kappa shape index (κ3) is 3.91. The van der Waals surface area contributed by atoms with Gasteiger partial charge in [0.25, 0.3) is 0 Å². The minimum atomic E-state index is -4.41. The number of hydrogen-bond acceptors (Lipinski definition) is 3. The smallest absolute Gasteiger partial charge is 0.390 e. The second-order valence-electron chi connectivity index (χ2n) is 6.86. The Balaban J connectivity index is 1.70. The highest BCUT2D eigenvalue weighted by atomic mass is 19.4. The van der Waals surface area contributed by atoms with Crippen molar-refractivity contribution in [2.45, 2.75) is 62.4 Å². The number of hydrogen-bond donors (Lipinski definition) is 0. The molecule has 3 nitrogen and oxygen atoms in total. The third-order valence-electron chi connectivity index (χ3n) is 5.26. The largest absolute Gasteiger partial charge is 0.462 e. The Hall–Kier alpha value is -1.56. The van der Waals surface area contributed by atoms with E-state index in [2.05, 4.69) is 11.9 Å². The Morgan fingerprint density at radius 2 is 1.79 bits per heavy atom. The zero-order valence-electron chi connectivity index (χ0n) is 13.6. The van der Waals surface area contributed by atoms with Gasteiger partial charge < -0.3 is 9.64 Å². The number of alkyl halides is 3. The molecular weight excluding hydrogens is 319 g/mol. The molecule has 0 aliphatic carbocycles. The Morgan fingerprint density at radius 1 is 1.21 bits per heavy atom. The maximum Gasteiger partial charge on any atom is 0.390 e. The Kier molecular flexibility index (Phi) is 4.85. The predicted octanol–water partition coefficient (Wildman–Crippen LogP) is 3.89. The van der Waals surface area contributed by atoms with Crippen LogP contribution in [0, 0.1) is 0 Å². The van der Waals surface area contributed by atoms with Crippen LogP contribution in [0.1, 0.15) is 43.6 Å². The van der Waals surface area contributed by atoms with Crippen LogP contribution in [0.3, 0.4) is 0 Å². The highest BCUT2D eigenvalue weighted by Crippen LogP contribution is 2.37. The standard InChI is InChI=1S/C18H22F3NO2/c1-22-13-7-8-14(22)10-15(9-13)24-17(23)16(11-18(19,20)21)12-5-3-2-4-6-12/h2-6,13-16H,7-11H2,1H3/t13-,14+,15-,16?. The first-order valence-electron chi connectivity index (χ1n) is 8.37. The minimum absolute atomic E-state index is 0.273. The summed E-state index contributed by atoms with van der Waals surface area (Å²) < 4.78 is 44.2. The molecule has 0 amide bonds. The zero-order chi connectivity index (χ0) is 17.3. The third-order valence-corrected chi connectivity index (χ3v) is 5.26. The van der Waals surface area contributed by atoms with E-state index in [0.717, 1.165) is 12.8 Å². The van der Waals surface area contributed by atoms with Crippen LogP contribution in [0.5, 0.6) is 0 Å². The SMILES string of the molecule is CN1[C@@H]2CC[C@H]1C[C@H](OC(=O)C(CC(F)(F)F)c1ccccc1)C2. The molecule has 2 aliphatic heterocycles. The molecule has 2 saturated heterocycles. The van der Waals surface area contributed by atoms with Gasteiger partial charge in [0.1, 0.15) is 6.10 Å². The summed E-state index contributed by atoms with van der Waals surface area (Å²) in [4.78, 5) is 14.8. The first kappa shape index (κ1) is 17.3. The van der Waals surface area contributed by atoms with E-state index in [4.69, 9.17) is 4.74 Å². The number of benzene rings is 1. The van der Waals surface area contributed by atoms with Gasteiger partial charge in [-0.05, 0) is 38.3 Å². The van der Waals surface area contributed by atoms with E-state index in [9.17, 15) is 18.0 Å². The highest BCUT2D eigenvalue weighted by molar-refractivity contribution is 5.78. The van der Waals surface area contributed by atoms with E-state index in [0.29, 0.717) is 30.5 Å². The maximum absolute atomic E-state index is 12.9. The Morgan fingerprint density at radius 3 is 2.33 bits per heavy atom. The molecule has 1 unspecified atom stereocenters. The Labute approximate surface area is 139 Å². The average Bonchev–Trinajstić information content (AvgIpc) is 2.74. The fraction of sp³-hybridized carbons (Fsp3) is 0.611. The molecule has 132 valence electrons. The molecule has 6 heteroatoms. The summed E-state index contributed by atoms with van der Waals surface area (Å²) in [5.41, 5.74) is 0.357. The molecule has 0 radical (unpaired) electrons. The van der Waals surface area contributed by atoms with Gasteiger partial charge in [-0.25, -0.2) is 0 Å². The van der Waals surface area contributed by atoms with E-state index in [-0.39, 0.29) is 6.10 Å². The van der Waals surface area contributed by atoms with Crippen molar-refractivity contribution in [2.24, 2.45) is 0 Å². The number of carbonyl (C=O) groups excluding carboxylic acids is 1. The molecule has 24 heavy (non-hydrogen) atoms. The molecule has 1 aromatic carbocycles. The summed E-state index contributed by atoms with van der Waals surface area (Å²) in [5.74, 6) is -2.05. The van der Waals surface area contributed by atoms with Crippen LogP contribution >= 0.6 is 0 Å². The van der Waals surface area contributed by atoms with Crippen molar-refractivity contribution in [3.8, 4) is 0 Å². The van der Waals surface area contributed by atoms with Crippen molar-refractivity contribution >= 4 is 5.97 Å². The molecule has 0 N–H and O–H groups in total. The van der Waals surface area contributed by atoms with Crippen LogP contribution in [-0.4, -0.2) is 42.3 Å². The summed E-state index contributed by atoms with van der Waals surface area (Å²) in [5, 5.41) is 0. The first-order valence-corrected chi connectivity index (χ1v) is 8.37. The number of esters is 1. The van der Waals surface area contributed by atoms with Crippen LogP contribution in [0.15, 0.2) is 30.3 Å². The van der Waals surface area contributed by atoms with Gasteiger partial charge in [0.05, 0.1) is 12.3 Å². The van der Waals surface area contributed by atoms with Crippen LogP contribution in [0.25, 0.3) is 0 Å². The lowest BCUT2D eigenvalue weighted by Gasteiger charge is -2.36. The highest BCUT2D eigenvalue weighted by Gasteiger charge is 2.42. The molecule has 2 heterocycles. The lowest BCUT2D eigenvalue weighted by Crippen LogP contribution is -2.43. The van der Waals surface area contributed by atoms with Gasteiger partial charge in [0, 0.05) is 12.1 Å². The van der Waals surface area contributed by atoms with Gasteiger partial charge in [-0.3, -0.25) is 4.79 Å². The Bertz CT molecular complexity index is 561. The number of nitrogens with zero attached hydrogens (tertiary/aromatic N) is 1. The molecule has 2 fully saturated rings. The van der Waals surface area contributed by atoms with Crippen LogP contribution in [0.4, 0.5) is 13.2 Å². The number of piperidine rings is 1. The number of rotatable bonds is 4. The van der Waals surface area contributed by atoms with Crippen LogP contribution < -0.4 is 0 Å². The monoisotopic (exact) mass is 341 g/mol. The molecule has 0 spiro atoms. The molecule has 2 aliphatic rings. The topological polar surface area (TPSA) is 29.5 Å². The molecular formula is C18H22F3NO2. The summed E-state index contributed by atoms with van der Waals surface area (Å²) in [6.45, 7) is 0. The van der Waals surface area contributed by atoms with E-state index >= 15 is 0 Å². The normalized spacial score (nSPS) is 28.6. The fourth-order valence-corrected chi connectivity index (χ4v) is 3.96. The number of fused-ring (bicyclic) bond motifs is 2. The van der Waals surface area contributed by atoms with Crippen molar-refractivity contribution in [1.29, 1.82) is 0 Å². The molecule has 4 atom stereocenters. The summed E-state index contributed by atoms with van der Waals surface area (Å²) in [6, 6.07) is 8.85. The first-order chi connectivity index (χ1) is 11.3.